The molecular weight excluding hydrogens is 252 g/mol. The van der Waals surface area contributed by atoms with Crippen molar-refractivity contribution in [2.75, 3.05) is 13.2 Å². The summed E-state index contributed by atoms with van der Waals surface area (Å²) in [6, 6.07) is -0.959. The summed E-state index contributed by atoms with van der Waals surface area (Å²) in [6.45, 7) is 7.92. The number of carbonyl (C=O) groups is 3. The van der Waals surface area contributed by atoms with Gasteiger partial charge in [-0.05, 0) is 34.6 Å². The molecule has 0 rings (SSSR count). The number of rotatable bonds is 5. The molecule has 2 amide bonds. The van der Waals surface area contributed by atoms with Crippen LogP contribution in [0.25, 0.3) is 0 Å². The van der Waals surface area contributed by atoms with Crippen LogP contribution in [0.2, 0.25) is 0 Å². The Labute approximate surface area is 113 Å². The Kier molecular flexibility index (Phi) is 6.31. The predicted octanol–water partition coefficient (Wildman–Crippen LogP) is 0.660. The minimum atomic E-state index is -0.959. The minimum absolute atomic E-state index is 0.186. The smallest absolute Gasteiger partial charge is 0.411 e. The number of hydrogen-bond donors (Lipinski definition) is 1. The second kappa shape index (κ2) is 6.96. The summed E-state index contributed by atoms with van der Waals surface area (Å²) in [4.78, 5) is 35.5. The molecule has 0 aromatic rings. The van der Waals surface area contributed by atoms with E-state index in [1.165, 1.54) is 6.92 Å². The maximum Gasteiger partial charge on any atom is 0.411 e. The average molecular weight is 274 g/mol. The molecular formula is C12H22N2O5. The topological polar surface area (TPSA) is 98.9 Å². The van der Waals surface area contributed by atoms with E-state index in [2.05, 4.69) is 0 Å². The van der Waals surface area contributed by atoms with Crippen molar-refractivity contribution in [1.29, 1.82) is 0 Å². The third-order valence-electron chi connectivity index (χ3n) is 2.11. The number of esters is 1. The second-order valence-electron chi connectivity index (χ2n) is 4.99. The molecule has 0 bridgehead atoms. The molecule has 110 valence electrons. The van der Waals surface area contributed by atoms with E-state index < -0.39 is 29.6 Å². The van der Waals surface area contributed by atoms with Gasteiger partial charge in [0.05, 0.1) is 6.61 Å². The van der Waals surface area contributed by atoms with E-state index in [0.717, 1.165) is 4.90 Å². The fraction of sp³-hybridized carbons (Fsp3) is 0.750. The van der Waals surface area contributed by atoms with Crippen LogP contribution in [0.15, 0.2) is 0 Å². The van der Waals surface area contributed by atoms with Crippen molar-refractivity contribution < 1.29 is 23.9 Å². The van der Waals surface area contributed by atoms with Crippen LogP contribution in [-0.4, -0.2) is 47.7 Å². The zero-order valence-corrected chi connectivity index (χ0v) is 12.1. The van der Waals surface area contributed by atoms with Gasteiger partial charge in [0.1, 0.15) is 18.2 Å². The van der Waals surface area contributed by atoms with E-state index >= 15 is 0 Å². The highest BCUT2D eigenvalue weighted by Gasteiger charge is 2.30. The number of ether oxygens (including phenoxy) is 2. The SMILES string of the molecule is CCOC(=O)CN(C(=O)OC(C)(C)C)C(C)C(N)=O. The van der Waals surface area contributed by atoms with Crippen molar-refractivity contribution in [1.82, 2.24) is 4.90 Å². The first-order valence-electron chi connectivity index (χ1n) is 6.03. The van der Waals surface area contributed by atoms with Crippen molar-refractivity contribution >= 4 is 18.0 Å². The van der Waals surface area contributed by atoms with E-state index in [9.17, 15) is 14.4 Å². The molecule has 1 unspecified atom stereocenters. The quantitative estimate of drug-likeness (QED) is 0.742. The van der Waals surface area contributed by atoms with E-state index in [1.54, 1.807) is 27.7 Å². The van der Waals surface area contributed by atoms with Gasteiger partial charge in [-0.3, -0.25) is 14.5 Å². The van der Waals surface area contributed by atoms with Crippen LogP contribution >= 0.6 is 0 Å². The molecule has 0 spiro atoms. The second-order valence-corrected chi connectivity index (χ2v) is 4.99. The lowest BCUT2D eigenvalue weighted by molar-refractivity contribution is -0.145. The Morgan fingerprint density at radius 2 is 1.79 bits per heavy atom. The van der Waals surface area contributed by atoms with Gasteiger partial charge >= 0.3 is 12.1 Å². The lowest BCUT2D eigenvalue weighted by atomic mass is 10.2. The van der Waals surface area contributed by atoms with E-state index in [-0.39, 0.29) is 13.2 Å². The molecule has 0 aromatic heterocycles. The summed E-state index contributed by atoms with van der Waals surface area (Å²) in [6.07, 6.45) is -0.785. The summed E-state index contributed by atoms with van der Waals surface area (Å²) < 4.78 is 9.86. The highest BCUT2D eigenvalue weighted by atomic mass is 16.6. The Hall–Kier alpha value is -1.79. The number of nitrogens with two attached hydrogens (primary N) is 1. The molecule has 1 atom stereocenters. The van der Waals surface area contributed by atoms with Gasteiger partial charge in [-0.25, -0.2) is 4.79 Å². The largest absolute Gasteiger partial charge is 0.465 e. The van der Waals surface area contributed by atoms with E-state index in [0.29, 0.717) is 0 Å². The molecule has 19 heavy (non-hydrogen) atoms. The first kappa shape index (κ1) is 17.2. The molecule has 7 nitrogen and oxygen atoms in total. The lowest BCUT2D eigenvalue weighted by Crippen LogP contribution is -2.50. The molecule has 0 fully saturated rings. The van der Waals surface area contributed by atoms with Crippen LogP contribution in [0.3, 0.4) is 0 Å². The minimum Gasteiger partial charge on any atom is -0.465 e. The standard InChI is InChI=1S/C12H22N2O5/c1-6-18-9(15)7-14(8(2)10(13)16)11(17)19-12(3,4)5/h8H,6-7H2,1-5H3,(H2,13,16). The normalized spacial score (nSPS) is 12.5. The molecule has 0 saturated heterocycles. The number of primary amides is 1. The van der Waals surface area contributed by atoms with Crippen LogP contribution in [0.1, 0.15) is 34.6 Å². The van der Waals surface area contributed by atoms with Crippen molar-refractivity contribution in [2.45, 2.75) is 46.3 Å². The third kappa shape index (κ3) is 6.64. The van der Waals surface area contributed by atoms with Crippen LogP contribution < -0.4 is 5.73 Å². The zero-order valence-electron chi connectivity index (χ0n) is 12.1. The summed E-state index contributed by atoms with van der Waals surface area (Å²) in [7, 11) is 0. The van der Waals surface area contributed by atoms with Gasteiger partial charge in [-0.2, -0.15) is 0 Å². The van der Waals surface area contributed by atoms with Crippen LogP contribution in [-0.2, 0) is 19.1 Å². The van der Waals surface area contributed by atoms with Crippen LogP contribution in [0, 0.1) is 0 Å². The molecule has 0 radical (unpaired) electrons. The van der Waals surface area contributed by atoms with Gasteiger partial charge in [0, 0.05) is 0 Å². The Morgan fingerprint density at radius 1 is 1.26 bits per heavy atom. The van der Waals surface area contributed by atoms with Crippen LogP contribution in [0.4, 0.5) is 4.79 Å². The fourth-order valence-electron chi connectivity index (χ4n) is 1.18. The summed E-state index contributed by atoms with van der Waals surface area (Å²) in [5.74, 6) is -1.35. The highest BCUT2D eigenvalue weighted by molar-refractivity contribution is 5.86. The maximum absolute atomic E-state index is 11.9. The number of amides is 2. The van der Waals surface area contributed by atoms with E-state index in [1.807, 2.05) is 0 Å². The fourth-order valence-corrected chi connectivity index (χ4v) is 1.18. The van der Waals surface area contributed by atoms with Gasteiger partial charge < -0.3 is 15.2 Å². The maximum atomic E-state index is 11.9. The molecule has 0 saturated carbocycles. The van der Waals surface area contributed by atoms with Crippen molar-refractivity contribution in [3.63, 3.8) is 0 Å². The number of nitrogens with zero attached hydrogens (tertiary/aromatic N) is 1. The number of carbonyl (C=O) groups excluding carboxylic acids is 3. The molecule has 0 aliphatic carbocycles. The molecule has 0 heterocycles. The summed E-state index contributed by atoms with van der Waals surface area (Å²) >= 11 is 0. The monoisotopic (exact) mass is 274 g/mol. The first-order valence-corrected chi connectivity index (χ1v) is 6.03. The predicted molar refractivity (Wildman–Crippen MR) is 68.2 cm³/mol. The van der Waals surface area contributed by atoms with Gasteiger partial charge in [-0.15, -0.1) is 0 Å². The Morgan fingerprint density at radius 3 is 2.16 bits per heavy atom. The van der Waals surface area contributed by atoms with Crippen molar-refractivity contribution in [3.05, 3.63) is 0 Å². The molecule has 7 heteroatoms. The molecule has 0 aliphatic heterocycles. The number of hydrogen-bond acceptors (Lipinski definition) is 5. The summed E-state index contributed by atoms with van der Waals surface area (Å²) in [5.41, 5.74) is 4.41. The van der Waals surface area contributed by atoms with E-state index in [4.69, 9.17) is 15.2 Å². The molecule has 2 N–H and O–H groups in total. The van der Waals surface area contributed by atoms with Crippen molar-refractivity contribution in [3.8, 4) is 0 Å². The lowest BCUT2D eigenvalue weighted by Gasteiger charge is -2.29. The van der Waals surface area contributed by atoms with Gasteiger partial charge in [0.25, 0.3) is 0 Å². The van der Waals surface area contributed by atoms with Gasteiger partial charge in [-0.1, -0.05) is 0 Å². The Balaban J connectivity index is 4.91. The third-order valence-corrected chi connectivity index (χ3v) is 2.11. The zero-order chi connectivity index (χ0) is 15.2. The molecule has 0 aromatic carbocycles. The first-order chi connectivity index (χ1) is 8.58. The van der Waals surface area contributed by atoms with Crippen molar-refractivity contribution in [2.24, 2.45) is 5.73 Å². The molecule has 0 aliphatic rings. The Bertz CT molecular complexity index is 349. The average Bonchev–Trinajstić information content (AvgIpc) is 2.22. The van der Waals surface area contributed by atoms with Gasteiger partial charge in [0.2, 0.25) is 5.91 Å². The van der Waals surface area contributed by atoms with Crippen LogP contribution in [0.5, 0.6) is 0 Å². The highest BCUT2D eigenvalue weighted by Crippen LogP contribution is 2.12. The van der Waals surface area contributed by atoms with Gasteiger partial charge in [0.15, 0.2) is 0 Å². The summed E-state index contributed by atoms with van der Waals surface area (Å²) in [5, 5.41) is 0.